The van der Waals surface area contributed by atoms with Gasteiger partial charge in [-0.1, -0.05) is 0 Å². The molecule has 0 aromatic carbocycles. The number of alkyl carbamates (subject to hydrolysis) is 1. The van der Waals surface area contributed by atoms with E-state index in [2.05, 4.69) is 25.8 Å². The molecule has 28 heavy (non-hydrogen) atoms. The highest BCUT2D eigenvalue weighted by atomic mass is 16.6. The number of hydrogen-bond donors (Lipinski definition) is 3. The fourth-order valence-electron chi connectivity index (χ4n) is 3.32. The van der Waals surface area contributed by atoms with E-state index < -0.39 is 0 Å². The molecule has 0 radical (unpaired) electrons. The highest BCUT2D eigenvalue weighted by Gasteiger charge is 2.29. The van der Waals surface area contributed by atoms with Crippen molar-refractivity contribution in [1.82, 2.24) is 20.5 Å². The number of hydrogen-bond acceptors (Lipinski definition) is 6. The quantitative estimate of drug-likeness (QED) is 0.671. The van der Waals surface area contributed by atoms with Gasteiger partial charge in [0.2, 0.25) is 11.8 Å². The van der Waals surface area contributed by atoms with Gasteiger partial charge in [0.15, 0.2) is 5.82 Å². The smallest absolute Gasteiger partial charge is 0.407 e. The Morgan fingerprint density at radius 1 is 1.32 bits per heavy atom. The topological polar surface area (TPSA) is 118 Å². The molecule has 2 atom stereocenters. The van der Waals surface area contributed by atoms with Gasteiger partial charge in [-0.15, -0.1) is 0 Å². The van der Waals surface area contributed by atoms with Crippen LogP contribution in [0.2, 0.25) is 0 Å². The number of nitrogens with zero attached hydrogens (tertiary/aromatic N) is 2. The first-order valence-corrected chi connectivity index (χ1v) is 9.36. The standard InChI is InChI=1S/C19H25N5O4/c1-3-20-19(26)28-14-5-4-13(10-14)15-11-16(24-23-15)22-17(25)8-12-6-7-21-18(9-12)27-2/h6-7,9,11,13-14H,3-5,8,10H2,1-2H3,(H,20,26)(H2,22,23,24,25)/t13-,14+/m0/s1. The molecular weight excluding hydrogens is 362 g/mol. The molecule has 1 aliphatic carbocycles. The van der Waals surface area contributed by atoms with E-state index in [9.17, 15) is 9.59 Å². The van der Waals surface area contributed by atoms with E-state index in [0.29, 0.717) is 18.2 Å². The molecular formula is C19H25N5O4. The van der Waals surface area contributed by atoms with Crippen molar-refractivity contribution in [2.45, 2.75) is 44.6 Å². The summed E-state index contributed by atoms with van der Waals surface area (Å²) in [6, 6.07) is 5.33. The van der Waals surface area contributed by atoms with Gasteiger partial charge in [-0.2, -0.15) is 5.10 Å². The number of ether oxygens (including phenoxy) is 2. The Kier molecular flexibility index (Phi) is 6.46. The number of anilines is 1. The molecule has 0 aliphatic heterocycles. The molecule has 0 saturated heterocycles. The first kappa shape index (κ1) is 19.7. The Balaban J connectivity index is 1.51. The molecule has 0 bridgehead atoms. The van der Waals surface area contributed by atoms with E-state index in [-0.39, 0.29) is 30.4 Å². The summed E-state index contributed by atoms with van der Waals surface area (Å²) in [5.41, 5.74) is 1.74. The number of carbonyl (C=O) groups is 2. The first-order chi connectivity index (χ1) is 13.6. The lowest BCUT2D eigenvalue weighted by molar-refractivity contribution is -0.115. The van der Waals surface area contributed by atoms with Crippen molar-refractivity contribution >= 4 is 17.8 Å². The molecule has 3 rings (SSSR count). The van der Waals surface area contributed by atoms with E-state index in [4.69, 9.17) is 9.47 Å². The summed E-state index contributed by atoms with van der Waals surface area (Å²) in [6.45, 7) is 2.40. The van der Waals surface area contributed by atoms with Crippen molar-refractivity contribution in [2.75, 3.05) is 19.0 Å². The van der Waals surface area contributed by atoms with Gasteiger partial charge in [0.05, 0.1) is 13.5 Å². The van der Waals surface area contributed by atoms with Gasteiger partial charge in [-0.05, 0) is 37.8 Å². The van der Waals surface area contributed by atoms with Crippen LogP contribution in [0.25, 0.3) is 0 Å². The second-order valence-electron chi connectivity index (χ2n) is 6.71. The van der Waals surface area contributed by atoms with Crippen LogP contribution in [0, 0.1) is 0 Å². The number of amides is 2. The summed E-state index contributed by atoms with van der Waals surface area (Å²) in [6.07, 6.45) is 3.78. The maximum absolute atomic E-state index is 12.3. The van der Waals surface area contributed by atoms with Gasteiger partial charge >= 0.3 is 6.09 Å². The third-order valence-corrected chi connectivity index (χ3v) is 4.66. The highest BCUT2D eigenvalue weighted by Crippen LogP contribution is 2.35. The van der Waals surface area contributed by atoms with E-state index in [0.717, 1.165) is 30.5 Å². The molecule has 9 nitrogen and oxygen atoms in total. The number of aromatic amines is 1. The minimum absolute atomic E-state index is 0.0976. The number of pyridine rings is 1. The van der Waals surface area contributed by atoms with Crippen LogP contribution in [0.15, 0.2) is 24.4 Å². The van der Waals surface area contributed by atoms with Crippen molar-refractivity contribution in [1.29, 1.82) is 0 Å². The number of H-pyrrole nitrogens is 1. The number of aromatic nitrogens is 3. The predicted molar refractivity (Wildman–Crippen MR) is 102 cm³/mol. The largest absolute Gasteiger partial charge is 0.481 e. The molecule has 1 saturated carbocycles. The molecule has 3 N–H and O–H groups in total. The summed E-state index contributed by atoms with van der Waals surface area (Å²) in [5.74, 6) is 1.00. The monoisotopic (exact) mass is 387 g/mol. The third-order valence-electron chi connectivity index (χ3n) is 4.66. The molecule has 1 aliphatic rings. The molecule has 150 valence electrons. The normalized spacial score (nSPS) is 18.5. The van der Waals surface area contributed by atoms with Crippen LogP contribution in [0.3, 0.4) is 0 Å². The number of rotatable bonds is 7. The van der Waals surface area contributed by atoms with Gasteiger partial charge in [-0.3, -0.25) is 9.89 Å². The molecule has 2 aromatic heterocycles. The summed E-state index contributed by atoms with van der Waals surface area (Å²) >= 11 is 0. The number of methoxy groups -OCH3 is 1. The van der Waals surface area contributed by atoms with E-state index in [1.54, 1.807) is 18.3 Å². The van der Waals surface area contributed by atoms with Crippen molar-refractivity contribution in [3.63, 3.8) is 0 Å². The van der Waals surface area contributed by atoms with E-state index in [1.807, 2.05) is 13.0 Å². The minimum atomic E-state index is -0.376. The van der Waals surface area contributed by atoms with E-state index in [1.165, 1.54) is 7.11 Å². The average Bonchev–Trinajstić information content (AvgIpc) is 3.31. The fourth-order valence-corrected chi connectivity index (χ4v) is 3.32. The number of carbonyl (C=O) groups excluding carboxylic acids is 2. The van der Waals surface area contributed by atoms with Crippen LogP contribution in [-0.4, -0.2) is 46.9 Å². The zero-order valence-corrected chi connectivity index (χ0v) is 16.0. The zero-order chi connectivity index (χ0) is 19.9. The summed E-state index contributed by atoms with van der Waals surface area (Å²) < 4.78 is 10.5. The molecule has 0 unspecified atom stereocenters. The van der Waals surface area contributed by atoms with Gasteiger partial charge in [-0.25, -0.2) is 9.78 Å². The van der Waals surface area contributed by atoms with Gasteiger partial charge in [0.1, 0.15) is 6.10 Å². The number of nitrogens with one attached hydrogen (secondary N) is 3. The van der Waals surface area contributed by atoms with Gasteiger partial charge in [0.25, 0.3) is 0 Å². The van der Waals surface area contributed by atoms with Crippen molar-refractivity contribution in [3.8, 4) is 5.88 Å². The maximum Gasteiger partial charge on any atom is 0.407 e. The van der Waals surface area contributed by atoms with Crippen LogP contribution in [0.4, 0.5) is 10.6 Å². The lowest BCUT2D eigenvalue weighted by Crippen LogP contribution is -2.27. The van der Waals surface area contributed by atoms with Crippen LogP contribution in [0.5, 0.6) is 5.88 Å². The van der Waals surface area contributed by atoms with Crippen LogP contribution in [0.1, 0.15) is 43.4 Å². The average molecular weight is 387 g/mol. The summed E-state index contributed by atoms with van der Waals surface area (Å²) in [5, 5.41) is 12.6. The second kappa shape index (κ2) is 9.20. The molecule has 2 heterocycles. The Morgan fingerprint density at radius 2 is 2.18 bits per heavy atom. The minimum Gasteiger partial charge on any atom is -0.481 e. The maximum atomic E-state index is 12.3. The lowest BCUT2D eigenvalue weighted by Gasteiger charge is -2.12. The zero-order valence-electron chi connectivity index (χ0n) is 16.0. The Labute approximate surface area is 163 Å². The Morgan fingerprint density at radius 3 is 2.96 bits per heavy atom. The Bertz CT molecular complexity index is 822. The van der Waals surface area contributed by atoms with Crippen LogP contribution in [-0.2, 0) is 16.0 Å². The molecule has 2 amide bonds. The first-order valence-electron chi connectivity index (χ1n) is 9.36. The van der Waals surface area contributed by atoms with Crippen molar-refractivity contribution < 1.29 is 19.1 Å². The second-order valence-corrected chi connectivity index (χ2v) is 6.71. The van der Waals surface area contributed by atoms with Gasteiger partial charge < -0.3 is 20.1 Å². The summed E-state index contributed by atoms with van der Waals surface area (Å²) in [4.78, 5) is 27.8. The molecule has 9 heteroatoms. The van der Waals surface area contributed by atoms with Crippen LogP contribution < -0.4 is 15.4 Å². The fraction of sp³-hybridized carbons (Fsp3) is 0.474. The van der Waals surface area contributed by atoms with E-state index >= 15 is 0 Å². The molecule has 2 aromatic rings. The third kappa shape index (κ3) is 5.21. The highest BCUT2D eigenvalue weighted by molar-refractivity contribution is 5.91. The SMILES string of the molecule is CCNC(=O)O[C@@H]1CC[C@H](c2cc(NC(=O)Cc3ccnc(OC)c3)n[nH]2)C1. The lowest BCUT2D eigenvalue weighted by atomic mass is 10.0. The van der Waals surface area contributed by atoms with Gasteiger partial charge in [0, 0.05) is 36.5 Å². The van der Waals surface area contributed by atoms with Crippen LogP contribution >= 0.6 is 0 Å². The predicted octanol–water partition coefficient (Wildman–Crippen LogP) is 2.38. The van der Waals surface area contributed by atoms with Crippen molar-refractivity contribution in [2.24, 2.45) is 0 Å². The molecule has 0 spiro atoms. The molecule has 1 fully saturated rings. The van der Waals surface area contributed by atoms with Crippen molar-refractivity contribution in [3.05, 3.63) is 35.7 Å². The Hall–Kier alpha value is -3.10. The summed E-state index contributed by atoms with van der Waals surface area (Å²) in [7, 11) is 1.53.